The van der Waals surface area contributed by atoms with Crippen molar-refractivity contribution in [3.8, 4) is 5.75 Å². The summed E-state index contributed by atoms with van der Waals surface area (Å²) < 4.78 is 5.64. The van der Waals surface area contributed by atoms with Gasteiger partial charge in [0, 0.05) is 24.1 Å². The van der Waals surface area contributed by atoms with Crippen LogP contribution in [0.15, 0.2) is 78.9 Å². The normalized spacial score (nSPS) is 16.3. The Labute approximate surface area is 189 Å². The molecule has 1 aliphatic heterocycles. The van der Waals surface area contributed by atoms with Crippen molar-refractivity contribution in [3.63, 3.8) is 0 Å². The van der Waals surface area contributed by atoms with Crippen LogP contribution in [-0.2, 0) is 21.4 Å². The maximum atomic E-state index is 12.8. The van der Waals surface area contributed by atoms with Gasteiger partial charge < -0.3 is 9.64 Å². The van der Waals surface area contributed by atoms with Crippen LogP contribution in [0.25, 0.3) is 0 Å². The van der Waals surface area contributed by atoms with E-state index in [4.69, 9.17) is 4.74 Å². The summed E-state index contributed by atoms with van der Waals surface area (Å²) in [6.07, 6.45) is 1.01. The highest BCUT2D eigenvalue weighted by atomic mass is 16.5. The number of nitrogens with zero attached hydrogens (tertiary/aromatic N) is 1. The maximum absolute atomic E-state index is 12.8. The van der Waals surface area contributed by atoms with Crippen LogP contribution >= 0.6 is 0 Å². The van der Waals surface area contributed by atoms with E-state index >= 15 is 0 Å². The zero-order chi connectivity index (χ0) is 22.7. The third kappa shape index (κ3) is 4.31. The van der Waals surface area contributed by atoms with Gasteiger partial charge in [0.25, 0.3) is 0 Å². The molecule has 4 heteroatoms. The number of benzene rings is 3. The first-order chi connectivity index (χ1) is 15.4. The Morgan fingerprint density at radius 1 is 0.938 bits per heavy atom. The predicted octanol–water partition coefficient (Wildman–Crippen LogP) is 5.53. The average molecular weight is 428 g/mol. The van der Waals surface area contributed by atoms with Crippen molar-refractivity contribution in [3.05, 3.63) is 95.6 Å². The summed E-state index contributed by atoms with van der Waals surface area (Å²) in [5.74, 6) is -0.354. The van der Waals surface area contributed by atoms with E-state index in [2.05, 4.69) is 32.9 Å². The molecule has 0 N–H and O–H groups in total. The first-order valence-corrected chi connectivity index (χ1v) is 11.2. The van der Waals surface area contributed by atoms with E-state index in [0.717, 1.165) is 23.2 Å². The van der Waals surface area contributed by atoms with Crippen LogP contribution in [0.3, 0.4) is 0 Å². The van der Waals surface area contributed by atoms with Gasteiger partial charge >= 0.3 is 5.97 Å². The van der Waals surface area contributed by atoms with Gasteiger partial charge in [0.05, 0.1) is 5.92 Å². The van der Waals surface area contributed by atoms with Gasteiger partial charge in [-0.25, -0.2) is 0 Å². The molecule has 1 amide bonds. The second kappa shape index (κ2) is 8.99. The fourth-order valence-corrected chi connectivity index (χ4v) is 4.33. The molecular formula is C28H29NO3. The zero-order valence-electron chi connectivity index (χ0n) is 18.9. The number of carbonyl (C=O) groups excluding carboxylic acids is 2. The lowest BCUT2D eigenvalue weighted by molar-refractivity contribution is -0.139. The van der Waals surface area contributed by atoms with Gasteiger partial charge in [-0.2, -0.15) is 0 Å². The van der Waals surface area contributed by atoms with Gasteiger partial charge in [-0.05, 0) is 41.3 Å². The Morgan fingerprint density at radius 3 is 2.25 bits per heavy atom. The largest absolute Gasteiger partial charge is 0.426 e. The first-order valence-electron chi connectivity index (χ1n) is 11.2. The van der Waals surface area contributed by atoms with Crippen molar-refractivity contribution >= 4 is 17.6 Å². The summed E-state index contributed by atoms with van der Waals surface area (Å²) in [5.41, 5.74) is 4.20. The number of aryl methyl sites for hydroxylation is 1. The average Bonchev–Trinajstić information content (AvgIpc) is 3.21. The second-order valence-corrected chi connectivity index (χ2v) is 8.82. The minimum Gasteiger partial charge on any atom is -0.426 e. The molecule has 0 aliphatic carbocycles. The van der Waals surface area contributed by atoms with E-state index in [-0.39, 0.29) is 23.7 Å². The number of amides is 1. The Balaban J connectivity index is 1.44. The molecule has 0 aromatic heterocycles. The van der Waals surface area contributed by atoms with Crippen molar-refractivity contribution in [1.29, 1.82) is 0 Å². The van der Waals surface area contributed by atoms with Crippen molar-refractivity contribution in [1.82, 2.24) is 0 Å². The molecule has 0 unspecified atom stereocenters. The summed E-state index contributed by atoms with van der Waals surface area (Å²) in [7, 11) is 0. The molecule has 164 valence electrons. The highest BCUT2D eigenvalue weighted by Gasteiger charge is 2.37. The van der Waals surface area contributed by atoms with E-state index in [1.54, 1.807) is 4.90 Å². The van der Waals surface area contributed by atoms with Crippen molar-refractivity contribution in [2.45, 2.75) is 39.0 Å². The number of rotatable bonds is 6. The molecule has 1 atom stereocenters. The summed E-state index contributed by atoms with van der Waals surface area (Å²) in [5, 5.41) is 0. The highest BCUT2D eigenvalue weighted by Crippen LogP contribution is 2.33. The van der Waals surface area contributed by atoms with Gasteiger partial charge in [0.2, 0.25) is 5.91 Å². The van der Waals surface area contributed by atoms with Crippen LogP contribution in [0.5, 0.6) is 5.75 Å². The number of hydrogen-bond donors (Lipinski definition) is 0. The minimum absolute atomic E-state index is 0.0344. The van der Waals surface area contributed by atoms with E-state index in [1.165, 1.54) is 5.56 Å². The molecular weight excluding hydrogens is 398 g/mol. The molecule has 1 saturated heterocycles. The minimum atomic E-state index is -0.465. The third-order valence-corrected chi connectivity index (χ3v) is 6.41. The fraction of sp³-hybridized carbons (Fsp3) is 0.286. The first kappa shape index (κ1) is 21.8. The van der Waals surface area contributed by atoms with Gasteiger partial charge in [0.15, 0.2) is 0 Å². The highest BCUT2D eigenvalue weighted by molar-refractivity contribution is 6.00. The molecule has 3 aromatic carbocycles. The fourth-order valence-electron chi connectivity index (χ4n) is 4.33. The standard InChI is InChI=1S/C28H29NO3/c1-4-20-10-8-9-13-25(20)29-19-21(18-26(29)30)27(31)32-24-16-14-23(15-17-24)28(2,3)22-11-6-5-7-12-22/h5-17,21H,4,18-19H2,1-3H3/t21-/m0/s1. The summed E-state index contributed by atoms with van der Waals surface area (Å²) in [4.78, 5) is 27.1. The van der Waals surface area contributed by atoms with Crippen LogP contribution in [0.2, 0.25) is 0 Å². The molecule has 4 nitrogen and oxygen atoms in total. The van der Waals surface area contributed by atoms with E-state index in [9.17, 15) is 9.59 Å². The molecule has 1 fully saturated rings. The molecule has 0 radical (unpaired) electrons. The summed E-state index contributed by atoms with van der Waals surface area (Å²) in [6, 6.07) is 25.8. The van der Waals surface area contributed by atoms with Crippen molar-refractivity contribution in [2.24, 2.45) is 5.92 Å². The van der Waals surface area contributed by atoms with Crippen molar-refractivity contribution < 1.29 is 14.3 Å². The number of ether oxygens (including phenoxy) is 1. The molecule has 4 rings (SSSR count). The summed E-state index contributed by atoms with van der Waals surface area (Å²) in [6.45, 7) is 6.77. The Bertz CT molecular complexity index is 1100. The van der Waals surface area contributed by atoms with E-state index in [1.807, 2.05) is 66.7 Å². The number of esters is 1. The lowest BCUT2D eigenvalue weighted by Crippen LogP contribution is -2.28. The lowest BCUT2D eigenvalue weighted by Gasteiger charge is -2.26. The van der Waals surface area contributed by atoms with Crippen LogP contribution in [0.4, 0.5) is 5.69 Å². The van der Waals surface area contributed by atoms with Crippen LogP contribution in [0.1, 0.15) is 43.9 Å². The van der Waals surface area contributed by atoms with Crippen molar-refractivity contribution in [2.75, 3.05) is 11.4 Å². The smallest absolute Gasteiger partial charge is 0.316 e. The molecule has 0 bridgehead atoms. The Morgan fingerprint density at radius 2 is 1.56 bits per heavy atom. The third-order valence-electron chi connectivity index (χ3n) is 6.41. The number of anilines is 1. The predicted molar refractivity (Wildman–Crippen MR) is 127 cm³/mol. The van der Waals surface area contributed by atoms with Crippen LogP contribution < -0.4 is 9.64 Å². The lowest BCUT2D eigenvalue weighted by atomic mass is 9.78. The SMILES string of the molecule is CCc1ccccc1N1C[C@@H](C(=O)Oc2ccc(C(C)(C)c3ccccc3)cc2)CC1=O. The van der Waals surface area contributed by atoms with Gasteiger partial charge in [0.1, 0.15) is 5.75 Å². The summed E-state index contributed by atoms with van der Waals surface area (Å²) >= 11 is 0. The molecule has 0 spiro atoms. The maximum Gasteiger partial charge on any atom is 0.316 e. The zero-order valence-corrected chi connectivity index (χ0v) is 18.9. The number of hydrogen-bond acceptors (Lipinski definition) is 3. The number of para-hydroxylation sites is 1. The molecule has 1 aliphatic rings. The van der Waals surface area contributed by atoms with Crippen LogP contribution in [-0.4, -0.2) is 18.4 Å². The van der Waals surface area contributed by atoms with E-state index in [0.29, 0.717) is 12.3 Å². The van der Waals surface area contributed by atoms with Gasteiger partial charge in [-0.1, -0.05) is 81.4 Å². The van der Waals surface area contributed by atoms with E-state index < -0.39 is 5.92 Å². The Kier molecular flexibility index (Phi) is 6.13. The molecule has 3 aromatic rings. The van der Waals surface area contributed by atoms with Gasteiger partial charge in [-0.3, -0.25) is 9.59 Å². The van der Waals surface area contributed by atoms with Gasteiger partial charge in [-0.15, -0.1) is 0 Å². The van der Waals surface area contributed by atoms with Crippen LogP contribution in [0, 0.1) is 5.92 Å². The molecule has 1 heterocycles. The topological polar surface area (TPSA) is 46.6 Å². The molecule has 0 saturated carbocycles. The molecule has 32 heavy (non-hydrogen) atoms. The number of carbonyl (C=O) groups is 2. The monoisotopic (exact) mass is 427 g/mol. The quantitative estimate of drug-likeness (QED) is 0.384. The Hall–Kier alpha value is -3.40. The second-order valence-electron chi connectivity index (χ2n) is 8.82.